The summed E-state index contributed by atoms with van der Waals surface area (Å²) in [4.78, 5) is 18.7. The second-order valence-electron chi connectivity index (χ2n) is 5.26. The van der Waals surface area contributed by atoms with Crippen molar-refractivity contribution in [2.45, 2.75) is 19.8 Å². The highest BCUT2D eigenvalue weighted by Gasteiger charge is 2.19. The zero-order valence-electron chi connectivity index (χ0n) is 12.4. The third-order valence-corrected chi connectivity index (χ3v) is 4.04. The molecule has 0 atom stereocenters. The van der Waals surface area contributed by atoms with Crippen LogP contribution in [0, 0.1) is 5.92 Å². The summed E-state index contributed by atoms with van der Waals surface area (Å²) < 4.78 is 0. The van der Waals surface area contributed by atoms with Crippen LogP contribution in [-0.4, -0.2) is 49.0 Å². The number of nitrogens with one attached hydrogen (secondary N) is 2. The predicted octanol–water partition coefficient (Wildman–Crippen LogP) is 1.58. The molecule has 5 heteroatoms. The molecule has 1 aliphatic rings. The second-order valence-corrected chi connectivity index (χ2v) is 5.26. The lowest BCUT2D eigenvalue weighted by Gasteiger charge is -2.31. The van der Waals surface area contributed by atoms with Crippen LogP contribution in [0.2, 0.25) is 0 Å². The van der Waals surface area contributed by atoms with Gasteiger partial charge in [0.2, 0.25) is 0 Å². The van der Waals surface area contributed by atoms with Gasteiger partial charge in [-0.1, -0.05) is 6.92 Å². The lowest BCUT2D eigenvalue weighted by molar-refractivity contribution is 0.0937. The Hall–Kier alpha value is -1.62. The average molecular weight is 276 g/mol. The minimum absolute atomic E-state index is 0.0413. The van der Waals surface area contributed by atoms with Crippen molar-refractivity contribution in [1.29, 1.82) is 0 Å². The van der Waals surface area contributed by atoms with Gasteiger partial charge in [-0.15, -0.1) is 0 Å². The predicted molar refractivity (Wildman–Crippen MR) is 81.0 cm³/mol. The first kappa shape index (κ1) is 14.8. The Bertz CT molecular complexity index is 441. The molecule has 0 aliphatic carbocycles. The molecule has 0 unspecified atom stereocenters. The Morgan fingerprint density at radius 2 is 2.20 bits per heavy atom. The summed E-state index contributed by atoms with van der Waals surface area (Å²) in [7, 11) is 1.81. The van der Waals surface area contributed by atoms with Gasteiger partial charge in [0.1, 0.15) is 0 Å². The van der Waals surface area contributed by atoms with Gasteiger partial charge in [0.25, 0.3) is 5.91 Å². The molecule has 2 heterocycles. The van der Waals surface area contributed by atoms with E-state index in [1.165, 1.54) is 12.8 Å². The van der Waals surface area contributed by atoms with E-state index in [1.54, 1.807) is 12.4 Å². The lowest BCUT2D eigenvalue weighted by Crippen LogP contribution is -2.38. The summed E-state index contributed by atoms with van der Waals surface area (Å²) in [6.07, 6.45) is 5.63. The number of hydrogen-bond donors (Lipinski definition) is 2. The quantitative estimate of drug-likeness (QED) is 0.857. The molecule has 1 fully saturated rings. The fraction of sp³-hybridized carbons (Fsp3) is 0.600. The van der Waals surface area contributed by atoms with Crippen LogP contribution in [0.3, 0.4) is 0 Å². The van der Waals surface area contributed by atoms with Crippen molar-refractivity contribution in [3.63, 3.8) is 0 Å². The van der Waals surface area contributed by atoms with Crippen molar-refractivity contribution >= 4 is 11.6 Å². The molecule has 1 aromatic rings. The Balaban J connectivity index is 1.83. The number of amides is 1. The highest BCUT2D eigenvalue weighted by Crippen LogP contribution is 2.17. The molecular weight excluding hydrogens is 252 g/mol. The Morgan fingerprint density at radius 1 is 1.45 bits per heavy atom. The maximum absolute atomic E-state index is 12.2. The number of hydrogen-bond acceptors (Lipinski definition) is 4. The van der Waals surface area contributed by atoms with E-state index in [2.05, 4.69) is 27.4 Å². The van der Waals surface area contributed by atoms with Crippen molar-refractivity contribution in [3.8, 4) is 0 Å². The fourth-order valence-corrected chi connectivity index (χ4v) is 2.63. The minimum atomic E-state index is -0.0413. The molecule has 2 rings (SSSR count). The Labute approximate surface area is 120 Å². The van der Waals surface area contributed by atoms with E-state index in [0.29, 0.717) is 11.5 Å². The first-order valence-electron chi connectivity index (χ1n) is 7.37. The maximum Gasteiger partial charge on any atom is 0.254 e. The molecule has 1 aromatic heterocycles. The molecule has 1 saturated heterocycles. The zero-order chi connectivity index (χ0) is 14.4. The van der Waals surface area contributed by atoms with Gasteiger partial charge in [0, 0.05) is 31.7 Å². The van der Waals surface area contributed by atoms with Gasteiger partial charge in [-0.3, -0.25) is 9.78 Å². The fourth-order valence-electron chi connectivity index (χ4n) is 2.63. The van der Waals surface area contributed by atoms with E-state index in [9.17, 15) is 4.79 Å². The second kappa shape index (κ2) is 7.24. The van der Waals surface area contributed by atoms with Crippen molar-refractivity contribution in [1.82, 2.24) is 15.2 Å². The number of anilines is 1. The van der Waals surface area contributed by atoms with Crippen LogP contribution < -0.4 is 10.6 Å². The van der Waals surface area contributed by atoms with Crippen molar-refractivity contribution < 1.29 is 4.79 Å². The number of pyridine rings is 1. The SMILES string of the molecule is CCN1CCC(CNC(=O)c2cnccc2NC)CC1. The molecule has 0 bridgehead atoms. The molecular formula is C15H24N4O. The number of aromatic nitrogens is 1. The van der Waals surface area contributed by atoms with E-state index in [0.717, 1.165) is 31.9 Å². The van der Waals surface area contributed by atoms with Crippen LogP contribution in [0.15, 0.2) is 18.5 Å². The van der Waals surface area contributed by atoms with E-state index >= 15 is 0 Å². The first-order valence-corrected chi connectivity index (χ1v) is 7.37. The van der Waals surface area contributed by atoms with Crippen LogP contribution in [0.25, 0.3) is 0 Å². The normalized spacial score (nSPS) is 16.9. The molecule has 110 valence electrons. The third-order valence-electron chi connectivity index (χ3n) is 4.04. The van der Waals surface area contributed by atoms with E-state index in [-0.39, 0.29) is 5.91 Å². The van der Waals surface area contributed by atoms with Gasteiger partial charge in [-0.05, 0) is 44.5 Å². The van der Waals surface area contributed by atoms with Gasteiger partial charge in [-0.25, -0.2) is 0 Å². The molecule has 2 N–H and O–H groups in total. The van der Waals surface area contributed by atoms with E-state index in [4.69, 9.17) is 0 Å². The van der Waals surface area contributed by atoms with Crippen LogP contribution in [0.4, 0.5) is 5.69 Å². The van der Waals surface area contributed by atoms with Crippen molar-refractivity contribution in [2.24, 2.45) is 5.92 Å². The van der Waals surface area contributed by atoms with E-state index in [1.807, 2.05) is 13.1 Å². The van der Waals surface area contributed by atoms with Gasteiger partial charge in [-0.2, -0.15) is 0 Å². The molecule has 1 amide bonds. The molecule has 0 spiro atoms. The van der Waals surface area contributed by atoms with Gasteiger partial charge >= 0.3 is 0 Å². The number of likely N-dealkylation sites (tertiary alicyclic amines) is 1. The summed E-state index contributed by atoms with van der Waals surface area (Å²) in [6.45, 7) is 6.37. The van der Waals surface area contributed by atoms with Crippen LogP contribution in [0.1, 0.15) is 30.1 Å². The average Bonchev–Trinajstić information content (AvgIpc) is 2.53. The Morgan fingerprint density at radius 3 is 2.85 bits per heavy atom. The molecule has 0 radical (unpaired) electrons. The van der Waals surface area contributed by atoms with Crippen LogP contribution >= 0.6 is 0 Å². The highest BCUT2D eigenvalue weighted by atomic mass is 16.1. The summed E-state index contributed by atoms with van der Waals surface area (Å²) in [5.41, 5.74) is 1.43. The van der Waals surface area contributed by atoms with Gasteiger partial charge in [0.15, 0.2) is 0 Å². The summed E-state index contributed by atoms with van der Waals surface area (Å²) >= 11 is 0. The first-order chi connectivity index (χ1) is 9.74. The molecule has 20 heavy (non-hydrogen) atoms. The number of carbonyl (C=O) groups is 1. The number of piperidine rings is 1. The Kier molecular flexibility index (Phi) is 5.35. The highest BCUT2D eigenvalue weighted by molar-refractivity contribution is 5.99. The van der Waals surface area contributed by atoms with Gasteiger partial charge in [0.05, 0.1) is 5.56 Å². The topological polar surface area (TPSA) is 57.3 Å². The van der Waals surface area contributed by atoms with E-state index < -0.39 is 0 Å². The monoisotopic (exact) mass is 276 g/mol. The zero-order valence-corrected chi connectivity index (χ0v) is 12.4. The van der Waals surface area contributed by atoms with Crippen LogP contribution in [-0.2, 0) is 0 Å². The minimum Gasteiger partial charge on any atom is -0.387 e. The largest absolute Gasteiger partial charge is 0.387 e. The molecule has 0 saturated carbocycles. The van der Waals surface area contributed by atoms with Crippen LogP contribution in [0.5, 0.6) is 0 Å². The summed E-state index contributed by atoms with van der Waals surface area (Å²) in [5, 5.41) is 6.06. The number of carbonyl (C=O) groups excluding carboxylic acids is 1. The maximum atomic E-state index is 12.2. The standard InChI is InChI=1S/C15H24N4O/c1-3-19-8-5-12(6-9-19)10-18-15(20)13-11-17-7-4-14(13)16-2/h4,7,11-12H,3,5-6,8-10H2,1-2H3,(H,16,17)(H,18,20). The number of nitrogens with zero attached hydrogens (tertiary/aromatic N) is 2. The lowest BCUT2D eigenvalue weighted by atomic mass is 9.97. The summed E-state index contributed by atoms with van der Waals surface area (Å²) in [6, 6.07) is 1.81. The molecule has 1 aliphatic heterocycles. The molecule has 0 aromatic carbocycles. The third kappa shape index (κ3) is 3.70. The number of rotatable bonds is 5. The smallest absolute Gasteiger partial charge is 0.254 e. The van der Waals surface area contributed by atoms with Crippen molar-refractivity contribution in [2.75, 3.05) is 38.5 Å². The van der Waals surface area contributed by atoms with Gasteiger partial charge < -0.3 is 15.5 Å². The van der Waals surface area contributed by atoms with Crippen molar-refractivity contribution in [3.05, 3.63) is 24.0 Å². The molecule has 5 nitrogen and oxygen atoms in total. The summed E-state index contributed by atoms with van der Waals surface area (Å²) in [5.74, 6) is 0.553.